The van der Waals surface area contributed by atoms with Gasteiger partial charge < -0.3 is 5.32 Å². The molecule has 7 heteroatoms. The van der Waals surface area contributed by atoms with E-state index in [4.69, 9.17) is 0 Å². The summed E-state index contributed by atoms with van der Waals surface area (Å²) in [5, 5.41) is 13.0. The highest BCUT2D eigenvalue weighted by Gasteiger charge is 2.11. The summed E-state index contributed by atoms with van der Waals surface area (Å²) in [5.74, 6) is -0.908. The molecule has 1 amide bonds. The molecule has 1 N–H and O–H groups in total. The fourth-order valence-electron chi connectivity index (χ4n) is 1.40. The van der Waals surface area contributed by atoms with Gasteiger partial charge in [-0.25, -0.2) is 9.37 Å². The van der Waals surface area contributed by atoms with E-state index in [1.807, 2.05) is 0 Å². The number of rotatable bonds is 3. The highest BCUT2D eigenvalue weighted by molar-refractivity contribution is 6.04. The van der Waals surface area contributed by atoms with Crippen molar-refractivity contribution in [3.63, 3.8) is 0 Å². The number of nitro benzene ring substituents is 1. The predicted octanol–water partition coefficient (Wildman–Crippen LogP) is 2.38. The van der Waals surface area contributed by atoms with Gasteiger partial charge in [-0.2, -0.15) is 0 Å². The second-order valence-electron chi connectivity index (χ2n) is 3.62. The number of anilines is 1. The van der Waals surface area contributed by atoms with Gasteiger partial charge in [0.1, 0.15) is 11.6 Å². The van der Waals surface area contributed by atoms with Crippen molar-refractivity contribution in [3.05, 3.63) is 64.1 Å². The first-order chi connectivity index (χ1) is 9.06. The van der Waals surface area contributed by atoms with Crippen LogP contribution in [-0.2, 0) is 0 Å². The first kappa shape index (κ1) is 12.6. The zero-order chi connectivity index (χ0) is 13.8. The van der Waals surface area contributed by atoms with Gasteiger partial charge in [0.25, 0.3) is 11.6 Å². The summed E-state index contributed by atoms with van der Waals surface area (Å²) in [6, 6.07) is 7.73. The van der Waals surface area contributed by atoms with Crippen molar-refractivity contribution in [2.45, 2.75) is 0 Å². The third-order valence-corrected chi connectivity index (χ3v) is 2.29. The molecule has 0 aliphatic carbocycles. The molecule has 0 bridgehead atoms. The van der Waals surface area contributed by atoms with E-state index in [-0.39, 0.29) is 17.1 Å². The monoisotopic (exact) mass is 261 g/mol. The van der Waals surface area contributed by atoms with Crippen molar-refractivity contribution in [1.29, 1.82) is 0 Å². The minimum atomic E-state index is -0.590. The Kier molecular flexibility index (Phi) is 3.46. The summed E-state index contributed by atoms with van der Waals surface area (Å²) >= 11 is 0. The first-order valence-electron chi connectivity index (χ1n) is 5.23. The molecule has 0 fully saturated rings. The molecular weight excluding hydrogens is 253 g/mol. The molecule has 0 atom stereocenters. The molecule has 0 aliphatic rings. The molecule has 6 nitrogen and oxygen atoms in total. The van der Waals surface area contributed by atoms with Crippen LogP contribution in [0, 0.1) is 15.9 Å². The Labute approximate surface area is 107 Å². The topological polar surface area (TPSA) is 85.1 Å². The van der Waals surface area contributed by atoms with Gasteiger partial charge in [-0.15, -0.1) is 0 Å². The molecular formula is C12H8FN3O3. The molecule has 1 heterocycles. The third-order valence-electron chi connectivity index (χ3n) is 2.29. The molecule has 19 heavy (non-hydrogen) atoms. The molecule has 2 rings (SSSR count). The van der Waals surface area contributed by atoms with Gasteiger partial charge >= 0.3 is 0 Å². The fourth-order valence-corrected chi connectivity index (χ4v) is 1.40. The van der Waals surface area contributed by atoms with Gasteiger partial charge in [0.05, 0.1) is 11.1 Å². The normalized spacial score (nSPS) is 9.95. The number of halogens is 1. The quantitative estimate of drug-likeness (QED) is 0.679. The van der Waals surface area contributed by atoms with E-state index in [1.54, 1.807) is 0 Å². The third kappa shape index (κ3) is 3.09. The number of non-ortho nitro benzene ring substituents is 1. The molecule has 0 aliphatic heterocycles. The number of aromatic nitrogens is 1. The van der Waals surface area contributed by atoms with E-state index in [2.05, 4.69) is 10.3 Å². The molecule has 0 unspecified atom stereocenters. The maximum absolute atomic E-state index is 12.6. The highest BCUT2D eigenvalue weighted by atomic mass is 19.1. The van der Waals surface area contributed by atoms with E-state index in [9.17, 15) is 19.3 Å². The zero-order valence-electron chi connectivity index (χ0n) is 9.54. The lowest BCUT2D eigenvalue weighted by Gasteiger charge is -2.03. The average Bonchev–Trinajstić information content (AvgIpc) is 2.41. The van der Waals surface area contributed by atoms with Crippen LogP contribution in [0.5, 0.6) is 0 Å². The lowest BCUT2D eigenvalue weighted by atomic mass is 10.2. The SMILES string of the molecule is O=C(Nc1ccc(F)cn1)c1cccc([N+](=O)[O-])c1. The number of nitrogens with zero attached hydrogens (tertiary/aromatic N) is 2. The Morgan fingerprint density at radius 1 is 1.32 bits per heavy atom. The van der Waals surface area contributed by atoms with Crippen molar-refractivity contribution in [3.8, 4) is 0 Å². The summed E-state index contributed by atoms with van der Waals surface area (Å²) in [6.07, 6.45) is 0.961. The van der Waals surface area contributed by atoms with E-state index >= 15 is 0 Å². The van der Waals surface area contributed by atoms with Crippen LogP contribution in [0.2, 0.25) is 0 Å². The molecule has 0 saturated heterocycles. The molecule has 0 saturated carbocycles. The minimum absolute atomic E-state index is 0.125. The summed E-state index contributed by atoms with van der Waals surface area (Å²) in [7, 11) is 0. The number of benzene rings is 1. The Hall–Kier alpha value is -2.83. The van der Waals surface area contributed by atoms with Crippen molar-refractivity contribution in [2.24, 2.45) is 0 Å². The van der Waals surface area contributed by atoms with Gasteiger partial charge in [0, 0.05) is 17.7 Å². The molecule has 1 aromatic heterocycles. The summed E-state index contributed by atoms with van der Waals surface area (Å²) < 4.78 is 12.6. The Morgan fingerprint density at radius 2 is 2.11 bits per heavy atom. The van der Waals surface area contributed by atoms with E-state index in [1.165, 1.54) is 24.3 Å². The predicted molar refractivity (Wildman–Crippen MR) is 65.2 cm³/mol. The van der Waals surface area contributed by atoms with Gasteiger partial charge in [-0.3, -0.25) is 14.9 Å². The van der Waals surface area contributed by atoms with Gasteiger partial charge in [0.15, 0.2) is 0 Å². The maximum Gasteiger partial charge on any atom is 0.270 e. The lowest BCUT2D eigenvalue weighted by Crippen LogP contribution is -2.13. The maximum atomic E-state index is 12.6. The number of nitrogens with one attached hydrogen (secondary N) is 1. The number of pyridine rings is 1. The van der Waals surface area contributed by atoms with E-state index in [0.29, 0.717) is 0 Å². The van der Waals surface area contributed by atoms with E-state index < -0.39 is 16.6 Å². The standard InChI is InChI=1S/C12H8FN3O3/c13-9-4-5-11(14-7-9)15-12(17)8-2-1-3-10(6-8)16(18)19/h1-7H,(H,14,15,17). The van der Waals surface area contributed by atoms with E-state index in [0.717, 1.165) is 18.3 Å². The van der Waals surface area contributed by atoms with Crippen LogP contribution in [0.15, 0.2) is 42.6 Å². The summed E-state index contributed by atoms with van der Waals surface area (Å²) in [6.45, 7) is 0. The zero-order valence-corrected chi connectivity index (χ0v) is 9.54. The fraction of sp³-hybridized carbons (Fsp3) is 0. The second kappa shape index (κ2) is 5.21. The Morgan fingerprint density at radius 3 is 2.74 bits per heavy atom. The van der Waals surface area contributed by atoms with Crippen molar-refractivity contribution < 1.29 is 14.1 Å². The van der Waals surface area contributed by atoms with Crippen LogP contribution >= 0.6 is 0 Å². The van der Waals surface area contributed by atoms with Crippen LogP contribution in [0.1, 0.15) is 10.4 Å². The Balaban J connectivity index is 2.18. The first-order valence-corrected chi connectivity index (χ1v) is 5.23. The van der Waals surface area contributed by atoms with Crippen LogP contribution in [-0.4, -0.2) is 15.8 Å². The number of nitro groups is 1. The van der Waals surface area contributed by atoms with Crippen LogP contribution in [0.3, 0.4) is 0 Å². The van der Waals surface area contributed by atoms with Crippen LogP contribution < -0.4 is 5.32 Å². The Bertz CT molecular complexity index is 628. The van der Waals surface area contributed by atoms with Gasteiger partial charge in [-0.05, 0) is 18.2 Å². The van der Waals surface area contributed by atoms with Crippen molar-refractivity contribution in [1.82, 2.24) is 4.98 Å². The molecule has 1 aromatic carbocycles. The second-order valence-corrected chi connectivity index (χ2v) is 3.62. The number of hydrogen-bond donors (Lipinski definition) is 1. The highest BCUT2D eigenvalue weighted by Crippen LogP contribution is 2.14. The molecule has 0 radical (unpaired) electrons. The van der Waals surface area contributed by atoms with Crippen molar-refractivity contribution >= 4 is 17.4 Å². The van der Waals surface area contributed by atoms with Crippen molar-refractivity contribution in [2.75, 3.05) is 5.32 Å². The largest absolute Gasteiger partial charge is 0.307 e. The van der Waals surface area contributed by atoms with Crippen LogP contribution in [0.25, 0.3) is 0 Å². The molecule has 0 spiro atoms. The van der Waals surface area contributed by atoms with Crippen LogP contribution in [0.4, 0.5) is 15.9 Å². The molecule has 96 valence electrons. The number of amides is 1. The van der Waals surface area contributed by atoms with Gasteiger partial charge in [0.2, 0.25) is 0 Å². The number of hydrogen-bond acceptors (Lipinski definition) is 4. The number of carbonyl (C=O) groups excluding carboxylic acids is 1. The molecule has 2 aromatic rings. The summed E-state index contributed by atoms with van der Waals surface area (Å²) in [5.41, 5.74) is -0.0555. The van der Waals surface area contributed by atoms with Gasteiger partial charge in [-0.1, -0.05) is 6.07 Å². The lowest BCUT2D eigenvalue weighted by molar-refractivity contribution is -0.384. The minimum Gasteiger partial charge on any atom is -0.307 e. The summed E-state index contributed by atoms with van der Waals surface area (Å²) in [4.78, 5) is 25.5. The average molecular weight is 261 g/mol. The smallest absolute Gasteiger partial charge is 0.270 e. The number of carbonyl (C=O) groups is 1.